The lowest BCUT2D eigenvalue weighted by molar-refractivity contribution is 1.74. The van der Waals surface area contributed by atoms with Gasteiger partial charge in [0, 0.05) is 0 Å². The molecule has 0 unspecified atom stereocenters. The van der Waals surface area contributed by atoms with Gasteiger partial charge >= 0.3 is 0 Å². The van der Waals surface area contributed by atoms with Crippen LogP contribution in [0.25, 0.3) is 21.5 Å². The smallest absolute Gasteiger partial charge is 0.00926 e. The fraction of sp³-hybridized carbons (Fsp3) is 0. The zero-order chi connectivity index (χ0) is 9.38. The van der Waals surface area contributed by atoms with E-state index in [1.165, 1.54) is 10.8 Å². The normalized spacial score (nSPS) is 10.9. The zero-order valence-corrected chi connectivity index (χ0v) is 7.54. The third-order valence-corrected chi connectivity index (χ3v) is 2.38. The summed E-state index contributed by atoms with van der Waals surface area (Å²) in [4.78, 5) is 0. The van der Waals surface area contributed by atoms with Gasteiger partial charge in [0.1, 0.15) is 0 Å². The van der Waals surface area contributed by atoms with Crippen molar-refractivity contribution in [3.8, 4) is 0 Å². The van der Waals surface area contributed by atoms with E-state index in [1.807, 2.05) is 24.3 Å². The van der Waals surface area contributed by atoms with Crippen LogP contribution in [0.4, 0.5) is 0 Å². The maximum Gasteiger partial charge on any atom is -0.00926 e. The molecule has 3 radical (unpaired) electrons. The molecule has 0 nitrogen and oxygen atoms in total. The van der Waals surface area contributed by atoms with Gasteiger partial charge in [-0.15, -0.1) is 0 Å². The lowest BCUT2D eigenvalue weighted by atomic mass is 10.0. The van der Waals surface area contributed by atoms with Crippen LogP contribution in [0, 0.1) is 18.2 Å². The van der Waals surface area contributed by atoms with Gasteiger partial charge in [-0.1, -0.05) is 18.2 Å². The third-order valence-electron chi connectivity index (χ3n) is 2.38. The summed E-state index contributed by atoms with van der Waals surface area (Å²) >= 11 is 0. The molecule has 0 saturated heterocycles. The molecule has 0 spiro atoms. The van der Waals surface area contributed by atoms with Crippen molar-refractivity contribution in [2.75, 3.05) is 0 Å². The predicted molar refractivity (Wildman–Crippen MR) is 58.0 cm³/mol. The third kappa shape index (κ3) is 1.08. The van der Waals surface area contributed by atoms with E-state index in [1.54, 1.807) is 0 Å². The fourth-order valence-electron chi connectivity index (χ4n) is 1.68. The summed E-state index contributed by atoms with van der Waals surface area (Å²) in [6.07, 6.45) is 0. The molecule has 0 aliphatic rings. The first-order valence-corrected chi connectivity index (χ1v) is 4.55. The molecule has 0 fully saturated rings. The summed E-state index contributed by atoms with van der Waals surface area (Å²) in [6, 6.07) is 23.5. The van der Waals surface area contributed by atoms with Gasteiger partial charge < -0.3 is 0 Å². The second kappa shape index (κ2) is 2.85. The van der Waals surface area contributed by atoms with Gasteiger partial charge in [-0.05, 0) is 64.0 Å². The highest BCUT2D eigenvalue weighted by Gasteiger charge is 1.96. The Bertz CT molecular complexity index is 489. The minimum atomic E-state index is 1.14. The quantitative estimate of drug-likeness (QED) is 0.459. The van der Waals surface area contributed by atoms with Crippen LogP contribution in [0.2, 0.25) is 0 Å². The summed E-state index contributed by atoms with van der Waals surface area (Å²) < 4.78 is 0. The predicted octanol–water partition coefficient (Wildman–Crippen LogP) is 3.39. The topological polar surface area (TPSA) is 0 Å². The van der Waals surface area contributed by atoms with E-state index in [0.29, 0.717) is 0 Å². The van der Waals surface area contributed by atoms with Crippen molar-refractivity contribution in [1.82, 2.24) is 0 Å². The van der Waals surface area contributed by atoms with Crippen LogP contribution >= 0.6 is 0 Å². The highest BCUT2D eigenvalue weighted by Crippen LogP contribution is 2.21. The van der Waals surface area contributed by atoms with Crippen LogP contribution < -0.4 is 0 Å². The molecule has 0 saturated carbocycles. The number of benzene rings is 3. The van der Waals surface area contributed by atoms with Gasteiger partial charge in [-0.2, -0.15) is 0 Å². The minimum Gasteiger partial charge on any atom is -0.0610 e. The van der Waals surface area contributed by atoms with Crippen LogP contribution in [0.5, 0.6) is 0 Å². The Kier molecular flexibility index (Phi) is 1.54. The summed E-state index contributed by atoms with van der Waals surface area (Å²) in [5, 5.41) is 4.66. The minimum absolute atomic E-state index is 1.14. The van der Waals surface area contributed by atoms with Gasteiger partial charge in [0.05, 0.1) is 0 Å². The first kappa shape index (κ1) is 7.57. The SMILES string of the molecule is [c]1c[c]c2cc3ccc[c]c3cc2c1. The average Bonchev–Trinajstić information content (AvgIpc) is 2.26. The molecule has 0 amide bonds. The van der Waals surface area contributed by atoms with Crippen molar-refractivity contribution in [3.63, 3.8) is 0 Å². The summed E-state index contributed by atoms with van der Waals surface area (Å²) in [6.45, 7) is 0. The largest absolute Gasteiger partial charge is 0.0610 e. The number of hydrogen-bond donors (Lipinski definition) is 0. The van der Waals surface area contributed by atoms with Crippen molar-refractivity contribution in [1.29, 1.82) is 0 Å². The van der Waals surface area contributed by atoms with Gasteiger partial charge in [-0.25, -0.2) is 0 Å². The zero-order valence-electron chi connectivity index (χ0n) is 7.54. The summed E-state index contributed by atoms with van der Waals surface area (Å²) in [5.74, 6) is 0. The second-order valence-electron chi connectivity index (χ2n) is 3.30. The Morgan fingerprint density at radius 1 is 0.929 bits per heavy atom. The van der Waals surface area contributed by atoms with Crippen molar-refractivity contribution in [3.05, 3.63) is 60.7 Å². The maximum absolute atomic E-state index is 3.22. The number of fused-ring (bicyclic) bond motifs is 2. The van der Waals surface area contributed by atoms with Crippen molar-refractivity contribution < 1.29 is 0 Å². The van der Waals surface area contributed by atoms with Crippen LogP contribution in [-0.2, 0) is 0 Å². The molecule has 3 rings (SSSR count). The number of rotatable bonds is 0. The molecule has 3 aromatic rings. The lowest BCUT2D eigenvalue weighted by Crippen LogP contribution is -1.75. The van der Waals surface area contributed by atoms with Gasteiger partial charge in [0.2, 0.25) is 0 Å². The molecule has 0 aromatic heterocycles. The number of hydrogen-bond acceptors (Lipinski definition) is 0. The molecule has 0 heteroatoms. The van der Waals surface area contributed by atoms with Crippen molar-refractivity contribution in [2.45, 2.75) is 0 Å². The maximum atomic E-state index is 3.22. The van der Waals surface area contributed by atoms with Crippen molar-refractivity contribution >= 4 is 21.5 Å². The molecule has 0 atom stereocenters. The standard InChI is InChI=1S/C14H7/c1-2-6-12-10-14-8-4-3-7-13(14)9-11(12)5-1/h1-3,5,8-10H. The Balaban J connectivity index is 2.52. The van der Waals surface area contributed by atoms with Crippen molar-refractivity contribution in [2.24, 2.45) is 0 Å². The van der Waals surface area contributed by atoms with Gasteiger partial charge in [-0.3, -0.25) is 0 Å². The molecule has 0 heterocycles. The fourth-order valence-corrected chi connectivity index (χ4v) is 1.68. The van der Waals surface area contributed by atoms with Gasteiger partial charge in [0.25, 0.3) is 0 Å². The molecule has 3 aromatic carbocycles. The lowest BCUT2D eigenvalue weighted by Gasteiger charge is -2.00. The molecule has 0 bridgehead atoms. The van der Waals surface area contributed by atoms with Crippen LogP contribution in [0.3, 0.4) is 0 Å². The van der Waals surface area contributed by atoms with E-state index in [-0.39, 0.29) is 0 Å². The highest BCUT2D eigenvalue weighted by molar-refractivity contribution is 5.97. The Labute approximate surface area is 82.8 Å². The van der Waals surface area contributed by atoms with Crippen LogP contribution in [0.15, 0.2) is 42.5 Å². The summed E-state index contributed by atoms with van der Waals surface area (Å²) in [5.41, 5.74) is 0. The first-order chi connectivity index (χ1) is 6.93. The van der Waals surface area contributed by atoms with Crippen LogP contribution in [-0.4, -0.2) is 0 Å². The van der Waals surface area contributed by atoms with E-state index >= 15 is 0 Å². The highest BCUT2D eigenvalue weighted by atomic mass is 14.0. The molecule has 0 aliphatic heterocycles. The molecule has 63 valence electrons. The Hall–Kier alpha value is -1.82. The van der Waals surface area contributed by atoms with E-state index in [4.69, 9.17) is 0 Å². The van der Waals surface area contributed by atoms with E-state index in [0.717, 1.165) is 10.8 Å². The molecule has 0 aliphatic carbocycles. The monoisotopic (exact) mass is 175 g/mol. The van der Waals surface area contributed by atoms with Crippen LogP contribution in [0.1, 0.15) is 0 Å². The molecule has 14 heavy (non-hydrogen) atoms. The van der Waals surface area contributed by atoms with E-state index in [2.05, 4.69) is 36.4 Å². The van der Waals surface area contributed by atoms with E-state index < -0.39 is 0 Å². The molecular weight excluding hydrogens is 168 g/mol. The Morgan fingerprint density at radius 3 is 2.79 bits per heavy atom. The summed E-state index contributed by atoms with van der Waals surface area (Å²) in [7, 11) is 0. The Morgan fingerprint density at radius 2 is 1.79 bits per heavy atom. The van der Waals surface area contributed by atoms with Gasteiger partial charge in [0.15, 0.2) is 0 Å². The average molecular weight is 175 g/mol. The van der Waals surface area contributed by atoms with E-state index in [9.17, 15) is 0 Å². The second-order valence-corrected chi connectivity index (χ2v) is 3.30. The molecule has 0 N–H and O–H groups in total. The molecular formula is C14H7. The first-order valence-electron chi connectivity index (χ1n) is 4.55.